The fourth-order valence-corrected chi connectivity index (χ4v) is 3.25. The van der Waals surface area contributed by atoms with E-state index < -0.39 is 10.0 Å². The second-order valence-electron chi connectivity index (χ2n) is 4.59. The molecule has 0 amide bonds. The minimum atomic E-state index is -3.42. The Morgan fingerprint density at radius 2 is 1.84 bits per heavy atom. The summed E-state index contributed by atoms with van der Waals surface area (Å²) in [6, 6.07) is 9.17. The van der Waals surface area contributed by atoms with Gasteiger partial charge in [0.05, 0.1) is 4.90 Å². The predicted molar refractivity (Wildman–Crippen MR) is 75.5 cm³/mol. The summed E-state index contributed by atoms with van der Waals surface area (Å²) in [5.74, 6) is 0. The molecule has 19 heavy (non-hydrogen) atoms. The number of aromatic nitrogens is 1. The molecule has 2 aromatic rings. The molecule has 0 spiro atoms. The van der Waals surface area contributed by atoms with E-state index in [0.717, 1.165) is 11.1 Å². The van der Waals surface area contributed by atoms with Crippen LogP contribution in [0, 0.1) is 13.8 Å². The lowest BCUT2D eigenvalue weighted by molar-refractivity contribution is 0.572. The van der Waals surface area contributed by atoms with Crippen molar-refractivity contribution in [3.63, 3.8) is 0 Å². The smallest absolute Gasteiger partial charge is 0.240 e. The molecule has 1 aromatic carbocycles. The molecule has 0 atom stereocenters. The number of hydrogen-bond acceptors (Lipinski definition) is 2. The number of benzene rings is 1. The molecular formula is C14H18N2O2S. The Bertz CT molecular complexity index is 646. The van der Waals surface area contributed by atoms with Crippen molar-refractivity contribution in [3.8, 4) is 0 Å². The van der Waals surface area contributed by atoms with Crippen LogP contribution in [0.2, 0.25) is 0 Å². The van der Waals surface area contributed by atoms with Crippen LogP contribution < -0.4 is 4.72 Å². The van der Waals surface area contributed by atoms with Gasteiger partial charge in [0.15, 0.2) is 0 Å². The summed E-state index contributed by atoms with van der Waals surface area (Å²) in [5.41, 5.74) is 1.83. The zero-order chi connectivity index (χ0) is 13.9. The second kappa shape index (κ2) is 5.59. The number of nitrogens with zero attached hydrogens (tertiary/aromatic N) is 1. The van der Waals surface area contributed by atoms with Crippen LogP contribution in [0.25, 0.3) is 0 Å². The molecule has 4 nitrogen and oxygen atoms in total. The van der Waals surface area contributed by atoms with Crippen molar-refractivity contribution in [1.82, 2.24) is 9.29 Å². The van der Waals surface area contributed by atoms with E-state index in [4.69, 9.17) is 0 Å². The highest BCUT2D eigenvalue weighted by Crippen LogP contribution is 2.15. The number of sulfonamides is 1. The van der Waals surface area contributed by atoms with E-state index in [1.54, 1.807) is 6.07 Å². The fraction of sp³-hybridized carbons (Fsp3) is 0.286. The van der Waals surface area contributed by atoms with Gasteiger partial charge in [-0.3, -0.25) is 0 Å². The summed E-state index contributed by atoms with van der Waals surface area (Å²) in [6.45, 7) is 4.76. The Hall–Kier alpha value is -1.59. The Balaban J connectivity index is 2.05. The van der Waals surface area contributed by atoms with Crippen molar-refractivity contribution in [3.05, 3.63) is 53.9 Å². The van der Waals surface area contributed by atoms with Gasteiger partial charge < -0.3 is 4.57 Å². The number of hydrogen-bond donors (Lipinski definition) is 1. The monoisotopic (exact) mass is 278 g/mol. The summed E-state index contributed by atoms with van der Waals surface area (Å²) in [5, 5.41) is 0. The Morgan fingerprint density at radius 3 is 2.47 bits per heavy atom. The van der Waals surface area contributed by atoms with Crippen LogP contribution in [0.4, 0.5) is 0 Å². The molecule has 0 bridgehead atoms. The number of nitrogens with one attached hydrogen (secondary N) is 1. The Morgan fingerprint density at radius 1 is 1.16 bits per heavy atom. The van der Waals surface area contributed by atoms with Crippen LogP contribution in [0.3, 0.4) is 0 Å². The minimum Gasteiger partial charge on any atom is -0.353 e. The van der Waals surface area contributed by atoms with Gasteiger partial charge in [0, 0.05) is 25.5 Å². The zero-order valence-electron chi connectivity index (χ0n) is 11.1. The van der Waals surface area contributed by atoms with E-state index in [1.807, 2.05) is 55.1 Å². The van der Waals surface area contributed by atoms with Crippen LogP contribution in [-0.4, -0.2) is 19.5 Å². The van der Waals surface area contributed by atoms with Crippen molar-refractivity contribution in [2.75, 3.05) is 6.54 Å². The summed E-state index contributed by atoms with van der Waals surface area (Å²) in [6.07, 6.45) is 3.82. The Labute approximate surface area is 114 Å². The maximum Gasteiger partial charge on any atom is 0.240 e. The van der Waals surface area contributed by atoms with E-state index in [0.29, 0.717) is 18.0 Å². The normalized spacial score (nSPS) is 11.7. The van der Waals surface area contributed by atoms with Gasteiger partial charge in [-0.05, 0) is 37.6 Å². The lowest BCUT2D eigenvalue weighted by atomic mass is 10.2. The molecule has 0 saturated heterocycles. The maximum absolute atomic E-state index is 12.2. The molecular weight excluding hydrogens is 260 g/mol. The van der Waals surface area contributed by atoms with Crippen molar-refractivity contribution in [1.29, 1.82) is 0 Å². The highest BCUT2D eigenvalue weighted by molar-refractivity contribution is 7.89. The minimum absolute atomic E-state index is 0.352. The molecule has 0 unspecified atom stereocenters. The highest BCUT2D eigenvalue weighted by atomic mass is 32.2. The van der Waals surface area contributed by atoms with E-state index in [1.165, 1.54) is 0 Å². The van der Waals surface area contributed by atoms with Crippen LogP contribution in [0.5, 0.6) is 0 Å². The summed E-state index contributed by atoms with van der Waals surface area (Å²) in [4.78, 5) is 0.352. The van der Waals surface area contributed by atoms with Gasteiger partial charge in [0.25, 0.3) is 0 Å². The Kier molecular flexibility index (Phi) is 4.07. The third-order valence-electron chi connectivity index (χ3n) is 2.95. The third kappa shape index (κ3) is 3.45. The lowest BCUT2D eigenvalue weighted by Gasteiger charge is -2.10. The third-order valence-corrected chi connectivity index (χ3v) is 4.57. The van der Waals surface area contributed by atoms with Crippen molar-refractivity contribution < 1.29 is 8.42 Å². The largest absolute Gasteiger partial charge is 0.353 e. The lowest BCUT2D eigenvalue weighted by Crippen LogP contribution is -2.27. The number of aryl methyl sites for hydroxylation is 2. The van der Waals surface area contributed by atoms with E-state index >= 15 is 0 Å². The van der Waals surface area contributed by atoms with Gasteiger partial charge in [-0.2, -0.15) is 0 Å². The first-order chi connectivity index (χ1) is 8.99. The molecule has 1 aromatic heterocycles. The standard InChI is InChI=1S/C14H18N2O2S/c1-12-5-6-14(13(2)11-12)19(17,18)15-7-10-16-8-3-4-9-16/h3-6,8-9,11,15H,7,10H2,1-2H3. The summed E-state index contributed by atoms with van der Waals surface area (Å²) >= 11 is 0. The molecule has 0 aliphatic heterocycles. The van der Waals surface area contributed by atoms with Crippen LogP contribution in [0.15, 0.2) is 47.6 Å². The van der Waals surface area contributed by atoms with E-state index in [-0.39, 0.29) is 0 Å². The fourth-order valence-electron chi connectivity index (χ4n) is 2.01. The first kappa shape index (κ1) is 13.8. The predicted octanol–water partition coefficient (Wildman–Crippen LogP) is 2.08. The van der Waals surface area contributed by atoms with Gasteiger partial charge in [-0.1, -0.05) is 17.7 Å². The van der Waals surface area contributed by atoms with Crippen molar-refractivity contribution in [2.24, 2.45) is 0 Å². The van der Waals surface area contributed by atoms with Crippen LogP contribution >= 0.6 is 0 Å². The topological polar surface area (TPSA) is 51.1 Å². The van der Waals surface area contributed by atoms with Gasteiger partial charge in [-0.15, -0.1) is 0 Å². The average Bonchev–Trinajstić information content (AvgIpc) is 2.81. The summed E-state index contributed by atoms with van der Waals surface area (Å²) < 4.78 is 28.9. The molecule has 1 N–H and O–H groups in total. The second-order valence-corrected chi connectivity index (χ2v) is 6.32. The molecule has 0 saturated carbocycles. The SMILES string of the molecule is Cc1ccc(S(=O)(=O)NCCn2cccc2)c(C)c1. The molecule has 2 rings (SSSR count). The molecule has 0 radical (unpaired) electrons. The zero-order valence-corrected chi connectivity index (χ0v) is 11.9. The van der Waals surface area contributed by atoms with Gasteiger partial charge in [0.1, 0.15) is 0 Å². The van der Waals surface area contributed by atoms with Crippen LogP contribution in [-0.2, 0) is 16.6 Å². The van der Waals surface area contributed by atoms with Gasteiger partial charge in [0.2, 0.25) is 10.0 Å². The van der Waals surface area contributed by atoms with Crippen molar-refractivity contribution >= 4 is 10.0 Å². The molecule has 0 aliphatic carbocycles. The number of rotatable bonds is 5. The molecule has 102 valence electrons. The first-order valence-corrected chi connectivity index (χ1v) is 7.65. The summed E-state index contributed by atoms with van der Waals surface area (Å²) in [7, 11) is -3.42. The van der Waals surface area contributed by atoms with Gasteiger partial charge in [-0.25, -0.2) is 13.1 Å². The highest BCUT2D eigenvalue weighted by Gasteiger charge is 2.15. The molecule has 1 heterocycles. The molecule has 0 fully saturated rings. The first-order valence-electron chi connectivity index (χ1n) is 6.17. The van der Waals surface area contributed by atoms with Crippen molar-refractivity contribution in [2.45, 2.75) is 25.3 Å². The molecule has 0 aliphatic rings. The van der Waals surface area contributed by atoms with E-state index in [2.05, 4.69) is 4.72 Å². The van der Waals surface area contributed by atoms with E-state index in [9.17, 15) is 8.42 Å². The van der Waals surface area contributed by atoms with Gasteiger partial charge >= 0.3 is 0 Å². The molecule has 5 heteroatoms. The average molecular weight is 278 g/mol. The maximum atomic E-state index is 12.2. The van der Waals surface area contributed by atoms with Crippen LogP contribution in [0.1, 0.15) is 11.1 Å². The quantitative estimate of drug-likeness (QED) is 0.910.